The van der Waals surface area contributed by atoms with E-state index in [-0.39, 0.29) is 0 Å². The zero-order valence-electron chi connectivity index (χ0n) is 12.6. The van der Waals surface area contributed by atoms with E-state index in [0.29, 0.717) is 12.5 Å². The van der Waals surface area contributed by atoms with E-state index in [4.69, 9.17) is 22.3 Å². The molecule has 0 saturated carbocycles. The molecule has 0 bridgehead atoms. The number of aromatic nitrogens is 4. The van der Waals surface area contributed by atoms with Crippen molar-refractivity contribution in [3.05, 3.63) is 47.2 Å². The average Bonchev–Trinajstić information content (AvgIpc) is 2.93. The van der Waals surface area contributed by atoms with Crippen molar-refractivity contribution in [2.24, 2.45) is 18.7 Å². The van der Waals surface area contributed by atoms with E-state index < -0.39 is 0 Å². The van der Waals surface area contributed by atoms with Gasteiger partial charge in [0.25, 0.3) is 0 Å². The summed E-state index contributed by atoms with van der Waals surface area (Å²) in [6, 6.07) is 0. The molecule has 22 heavy (non-hydrogen) atoms. The molecule has 5 nitrogen and oxygen atoms in total. The quantitative estimate of drug-likeness (QED) is 0.945. The van der Waals surface area contributed by atoms with Crippen LogP contribution < -0.4 is 5.73 Å². The Labute approximate surface area is 134 Å². The van der Waals surface area contributed by atoms with E-state index in [1.807, 2.05) is 25.4 Å². The molecule has 2 N–H and O–H groups in total. The van der Waals surface area contributed by atoms with Crippen molar-refractivity contribution < 1.29 is 0 Å². The molecule has 0 spiro atoms. The number of nitrogens with two attached hydrogens (primary N) is 1. The summed E-state index contributed by atoms with van der Waals surface area (Å²) in [5.74, 6) is 0.317. The maximum Gasteiger partial charge on any atom is 0.0969 e. The van der Waals surface area contributed by atoms with Crippen LogP contribution in [0, 0.1) is 5.92 Å². The first-order chi connectivity index (χ1) is 10.6. The van der Waals surface area contributed by atoms with Gasteiger partial charge < -0.3 is 5.73 Å². The molecule has 2 aromatic rings. The van der Waals surface area contributed by atoms with Crippen molar-refractivity contribution in [2.75, 3.05) is 0 Å². The summed E-state index contributed by atoms with van der Waals surface area (Å²) in [5, 5.41) is 5.07. The number of hydrogen-bond donors (Lipinski definition) is 1. The van der Waals surface area contributed by atoms with Crippen molar-refractivity contribution in [1.29, 1.82) is 0 Å². The lowest BCUT2D eigenvalue weighted by atomic mass is 9.91. The standard InChI is InChI=1S/C16H18ClN5/c1-10-5-12(17)3-4-13(10)15-8-19-14(6-18)16(21-15)11-7-20-22(2)9-11/h3-4,7-10H,5-6,18H2,1-2H3. The SMILES string of the molecule is CC1CC(Cl)=CC=C1c1cnc(CN)c(-c2cnn(C)c2)n1. The third-order valence-electron chi connectivity index (χ3n) is 3.79. The Morgan fingerprint density at radius 3 is 2.82 bits per heavy atom. The lowest BCUT2D eigenvalue weighted by Crippen LogP contribution is -2.09. The Bertz CT molecular complexity index is 760. The minimum atomic E-state index is 0.317. The number of hydrogen-bond acceptors (Lipinski definition) is 4. The third-order valence-corrected chi connectivity index (χ3v) is 4.07. The van der Waals surface area contributed by atoms with E-state index in [0.717, 1.165) is 39.7 Å². The Morgan fingerprint density at radius 2 is 2.18 bits per heavy atom. The van der Waals surface area contributed by atoms with Gasteiger partial charge in [-0.15, -0.1) is 0 Å². The first kappa shape index (κ1) is 14.9. The van der Waals surface area contributed by atoms with E-state index in [2.05, 4.69) is 17.0 Å². The van der Waals surface area contributed by atoms with Crippen molar-refractivity contribution in [3.63, 3.8) is 0 Å². The number of halogens is 1. The number of nitrogens with zero attached hydrogens (tertiary/aromatic N) is 4. The van der Waals surface area contributed by atoms with Gasteiger partial charge in [-0.2, -0.15) is 5.10 Å². The summed E-state index contributed by atoms with van der Waals surface area (Å²) < 4.78 is 1.75. The van der Waals surface area contributed by atoms with Crippen LogP contribution in [0.15, 0.2) is 35.8 Å². The zero-order valence-corrected chi connectivity index (χ0v) is 13.4. The Kier molecular flexibility index (Phi) is 4.09. The summed E-state index contributed by atoms with van der Waals surface area (Å²) in [7, 11) is 1.88. The minimum absolute atomic E-state index is 0.317. The summed E-state index contributed by atoms with van der Waals surface area (Å²) in [6.07, 6.45) is 10.3. The van der Waals surface area contributed by atoms with Gasteiger partial charge in [-0.3, -0.25) is 9.67 Å². The molecule has 1 aliphatic carbocycles. The molecule has 1 unspecified atom stereocenters. The van der Waals surface area contributed by atoms with E-state index >= 15 is 0 Å². The van der Waals surface area contributed by atoms with Crippen molar-refractivity contribution in [1.82, 2.24) is 19.7 Å². The molecule has 1 aliphatic rings. The van der Waals surface area contributed by atoms with Gasteiger partial charge in [0.05, 0.1) is 29.5 Å². The van der Waals surface area contributed by atoms with E-state index in [1.54, 1.807) is 17.1 Å². The van der Waals surface area contributed by atoms with Gasteiger partial charge in [0.15, 0.2) is 0 Å². The van der Waals surface area contributed by atoms with Crippen LogP contribution in [0.4, 0.5) is 0 Å². The number of allylic oxidation sites excluding steroid dienone is 4. The molecule has 0 saturated heterocycles. The summed E-state index contributed by atoms with van der Waals surface area (Å²) >= 11 is 6.09. The van der Waals surface area contributed by atoms with Crippen LogP contribution in [-0.2, 0) is 13.6 Å². The summed E-state index contributed by atoms with van der Waals surface area (Å²) in [6.45, 7) is 2.49. The molecule has 2 heterocycles. The maximum absolute atomic E-state index is 6.09. The van der Waals surface area contributed by atoms with Crippen molar-refractivity contribution >= 4 is 17.2 Å². The van der Waals surface area contributed by atoms with Crippen LogP contribution in [0.25, 0.3) is 16.8 Å². The Morgan fingerprint density at radius 1 is 1.36 bits per heavy atom. The second kappa shape index (κ2) is 6.02. The molecular weight excluding hydrogens is 298 g/mol. The maximum atomic E-state index is 6.09. The topological polar surface area (TPSA) is 69.6 Å². The molecule has 3 rings (SSSR count). The van der Waals surface area contributed by atoms with Crippen LogP contribution in [0.2, 0.25) is 0 Å². The van der Waals surface area contributed by atoms with Crippen LogP contribution in [0.3, 0.4) is 0 Å². The van der Waals surface area contributed by atoms with Gasteiger partial charge in [0.1, 0.15) is 0 Å². The number of aryl methyl sites for hydroxylation is 1. The van der Waals surface area contributed by atoms with E-state index in [1.165, 1.54) is 0 Å². The lowest BCUT2D eigenvalue weighted by molar-refractivity contribution is 0.744. The molecule has 0 aliphatic heterocycles. The highest BCUT2D eigenvalue weighted by Crippen LogP contribution is 2.33. The predicted octanol–water partition coefficient (Wildman–Crippen LogP) is 2.88. The molecule has 0 radical (unpaired) electrons. The highest BCUT2D eigenvalue weighted by Gasteiger charge is 2.19. The molecule has 2 aromatic heterocycles. The van der Waals surface area contributed by atoms with Crippen LogP contribution in [0.5, 0.6) is 0 Å². The second-order valence-electron chi connectivity index (χ2n) is 5.50. The molecule has 6 heteroatoms. The van der Waals surface area contributed by atoms with Gasteiger partial charge in [0, 0.05) is 30.4 Å². The van der Waals surface area contributed by atoms with Gasteiger partial charge in [-0.1, -0.05) is 24.6 Å². The highest BCUT2D eigenvalue weighted by atomic mass is 35.5. The smallest absolute Gasteiger partial charge is 0.0969 e. The normalized spacial score (nSPS) is 18.1. The Balaban J connectivity index is 2.08. The van der Waals surface area contributed by atoms with Crippen LogP contribution >= 0.6 is 11.6 Å². The summed E-state index contributed by atoms with van der Waals surface area (Å²) in [4.78, 5) is 9.28. The molecule has 0 amide bonds. The third kappa shape index (κ3) is 2.82. The molecule has 114 valence electrons. The predicted molar refractivity (Wildman–Crippen MR) is 87.8 cm³/mol. The molecule has 1 atom stereocenters. The van der Waals surface area contributed by atoms with Crippen LogP contribution in [-0.4, -0.2) is 19.7 Å². The fourth-order valence-electron chi connectivity index (χ4n) is 2.63. The van der Waals surface area contributed by atoms with E-state index in [9.17, 15) is 0 Å². The zero-order chi connectivity index (χ0) is 15.7. The Hall–Kier alpha value is -1.98. The average molecular weight is 316 g/mol. The van der Waals surface area contributed by atoms with Gasteiger partial charge >= 0.3 is 0 Å². The minimum Gasteiger partial charge on any atom is -0.325 e. The van der Waals surface area contributed by atoms with Crippen LogP contribution in [0.1, 0.15) is 24.7 Å². The van der Waals surface area contributed by atoms with Gasteiger partial charge in [-0.25, -0.2) is 4.98 Å². The fourth-order valence-corrected chi connectivity index (χ4v) is 2.92. The van der Waals surface area contributed by atoms with Crippen molar-refractivity contribution in [3.8, 4) is 11.3 Å². The van der Waals surface area contributed by atoms with Crippen molar-refractivity contribution in [2.45, 2.75) is 19.9 Å². The molecular formula is C16H18ClN5. The first-order valence-corrected chi connectivity index (χ1v) is 7.58. The molecule has 0 fully saturated rings. The van der Waals surface area contributed by atoms with Gasteiger partial charge in [0.2, 0.25) is 0 Å². The first-order valence-electron chi connectivity index (χ1n) is 7.20. The summed E-state index contributed by atoms with van der Waals surface area (Å²) in [5.41, 5.74) is 10.3. The lowest BCUT2D eigenvalue weighted by Gasteiger charge is -2.19. The monoisotopic (exact) mass is 315 g/mol. The fraction of sp³-hybridized carbons (Fsp3) is 0.312. The second-order valence-corrected chi connectivity index (χ2v) is 5.98. The molecule has 0 aromatic carbocycles. The highest BCUT2D eigenvalue weighted by molar-refractivity contribution is 6.30. The largest absolute Gasteiger partial charge is 0.325 e. The number of rotatable bonds is 3. The van der Waals surface area contributed by atoms with Gasteiger partial charge in [-0.05, 0) is 24.0 Å².